The maximum atomic E-state index is 5.85. The number of nitrogens with one attached hydrogen (secondary N) is 1. The minimum atomic E-state index is 0.332. The van der Waals surface area contributed by atoms with E-state index in [1.165, 1.54) is 19.2 Å². The van der Waals surface area contributed by atoms with Gasteiger partial charge in [0.05, 0.1) is 0 Å². The molecule has 15 heavy (non-hydrogen) atoms. The van der Waals surface area contributed by atoms with Crippen LogP contribution in [-0.2, 0) is 0 Å². The van der Waals surface area contributed by atoms with Crippen LogP contribution in [0.5, 0.6) is 5.88 Å². The van der Waals surface area contributed by atoms with Crippen LogP contribution in [0.3, 0.4) is 0 Å². The fourth-order valence-electron chi connectivity index (χ4n) is 2.62. The van der Waals surface area contributed by atoms with Crippen LogP contribution < -0.4 is 10.1 Å². The van der Waals surface area contributed by atoms with Crippen LogP contribution in [0.4, 0.5) is 0 Å². The van der Waals surface area contributed by atoms with Crippen molar-refractivity contribution in [1.82, 2.24) is 15.3 Å². The van der Waals surface area contributed by atoms with E-state index in [1.54, 1.807) is 6.20 Å². The number of hydrogen-bond acceptors (Lipinski definition) is 4. The van der Waals surface area contributed by atoms with Gasteiger partial charge in [-0.1, -0.05) is 0 Å². The summed E-state index contributed by atoms with van der Waals surface area (Å²) in [6.07, 6.45) is 8.41. The highest BCUT2D eigenvalue weighted by atomic mass is 16.5. The minimum Gasteiger partial charge on any atom is -0.474 e. The third-order valence-corrected chi connectivity index (χ3v) is 3.27. The number of piperidine rings is 1. The first kappa shape index (κ1) is 9.09. The predicted octanol–water partition coefficient (Wildman–Crippen LogP) is 1.14. The fourth-order valence-corrected chi connectivity index (χ4v) is 2.62. The van der Waals surface area contributed by atoms with Crippen LogP contribution in [0.15, 0.2) is 18.6 Å². The van der Waals surface area contributed by atoms with E-state index in [0.717, 1.165) is 12.8 Å². The van der Waals surface area contributed by atoms with E-state index >= 15 is 0 Å². The fraction of sp³-hybridized carbons (Fsp3) is 0.636. The van der Waals surface area contributed by atoms with Crippen LogP contribution in [-0.4, -0.2) is 28.2 Å². The van der Waals surface area contributed by atoms with Crippen LogP contribution in [0.25, 0.3) is 0 Å². The lowest BCUT2D eigenvalue weighted by molar-refractivity contribution is 0.131. The first-order chi connectivity index (χ1) is 7.40. The van der Waals surface area contributed by atoms with Gasteiger partial charge < -0.3 is 10.1 Å². The third kappa shape index (κ3) is 1.95. The molecule has 4 nitrogen and oxygen atoms in total. The van der Waals surface area contributed by atoms with E-state index in [-0.39, 0.29) is 0 Å². The summed E-state index contributed by atoms with van der Waals surface area (Å²) in [6, 6.07) is 3.15. The normalized spacial score (nSPS) is 34.0. The second kappa shape index (κ2) is 3.77. The molecule has 2 aliphatic heterocycles. The van der Waals surface area contributed by atoms with Crippen LogP contribution >= 0.6 is 0 Å². The lowest BCUT2D eigenvalue weighted by Gasteiger charge is -2.28. The molecule has 0 radical (unpaired) electrons. The quantitative estimate of drug-likeness (QED) is 0.786. The van der Waals surface area contributed by atoms with Crippen LogP contribution in [0.1, 0.15) is 25.7 Å². The highest BCUT2D eigenvalue weighted by Crippen LogP contribution is 2.28. The Labute approximate surface area is 89.1 Å². The van der Waals surface area contributed by atoms with Gasteiger partial charge in [-0.25, -0.2) is 9.97 Å². The molecule has 3 rings (SSSR count). The summed E-state index contributed by atoms with van der Waals surface area (Å²) in [5.41, 5.74) is 0. The predicted molar refractivity (Wildman–Crippen MR) is 55.6 cm³/mol. The van der Waals surface area contributed by atoms with Crippen molar-refractivity contribution in [1.29, 1.82) is 0 Å². The molecule has 0 saturated carbocycles. The van der Waals surface area contributed by atoms with Crippen molar-refractivity contribution in [3.8, 4) is 5.88 Å². The lowest BCUT2D eigenvalue weighted by Crippen LogP contribution is -2.42. The van der Waals surface area contributed by atoms with E-state index in [1.807, 2.05) is 6.07 Å². The highest BCUT2D eigenvalue weighted by Gasteiger charge is 2.34. The summed E-state index contributed by atoms with van der Waals surface area (Å²) >= 11 is 0. The van der Waals surface area contributed by atoms with Crippen molar-refractivity contribution in [2.75, 3.05) is 0 Å². The van der Waals surface area contributed by atoms with Gasteiger partial charge in [0, 0.05) is 24.3 Å². The maximum Gasteiger partial charge on any atom is 0.216 e. The number of rotatable bonds is 2. The van der Waals surface area contributed by atoms with Gasteiger partial charge in [0.2, 0.25) is 5.88 Å². The standard InChI is InChI=1S/C11H15N3O/c1-2-9-6-10(5-8(1)14-9)15-11-3-4-12-7-13-11/h3-4,7-10,14H,1-2,5-6H2. The van der Waals surface area contributed by atoms with Gasteiger partial charge in [-0.2, -0.15) is 0 Å². The van der Waals surface area contributed by atoms with Crippen molar-refractivity contribution in [3.05, 3.63) is 18.6 Å². The zero-order chi connectivity index (χ0) is 10.1. The molecule has 2 saturated heterocycles. The summed E-state index contributed by atoms with van der Waals surface area (Å²) in [5.74, 6) is 0.705. The van der Waals surface area contributed by atoms with Gasteiger partial charge in [-0.15, -0.1) is 0 Å². The van der Waals surface area contributed by atoms with Gasteiger partial charge in [0.1, 0.15) is 12.4 Å². The molecule has 0 aliphatic carbocycles. The second-order valence-corrected chi connectivity index (χ2v) is 4.40. The summed E-state index contributed by atoms with van der Waals surface area (Å²) in [5, 5.41) is 3.59. The molecular weight excluding hydrogens is 190 g/mol. The average molecular weight is 205 g/mol. The maximum absolute atomic E-state index is 5.85. The van der Waals surface area contributed by atoms with Crippen LogP contribution in [0.2, 0.25) is 0 Å². The molecule has 2 bridgehead atoms. The number of ether oxygens (including phenoxy) is 1. The molecule has 2 aliphatic rings. The third-order valence-electron chi connectivity index (χ3n) is 3.27. The summed E-state index contributed by atoms with van der Waals surface area (Å²) < 4.78 is 5.85. The minimum absolute atomic E-state index is 0.332. The molecule has 1 aromatic rings. The van der Waals surface area contributed by atoms with Crippen molar-refractivity contribution >= 4 is 0 Å². The average Bonchev–Trinajstić information content (AvgIpc) is 2.60. The first-order valence-corrected chi connectivity index (χ1v) is 5.59. The van der Waals surface area contributed by atoms with Gasteiger partial charge in [-0.05, 0) is 25.7 Å². The largest absolute Gasteiger partial charge is 0.474 e. The van der Waals surface area contributed by atoms with E-state index in [4.69, 9.17) is 4.74 Å². The SMILES string of the molecule is c1cc(OC2CC3CCC(C2)N3)ncn1. The van der Waals surface area contributed by atoms with Crippen LogP contribution in [0, 0.1) is 0 Å². The van der Waals surface area contributed by atoms with E-state index in [2.05, 4.69) is 15.3 Å². The smallest absolute Gasteiger partial charge is 0.216 e. The van der Waals surface area contributed by atoms with E-state index < -0.39 is 0 Å². The molecular formula is C11H15N3O. The summed E-state index contributed by atoms with van der Waals surface area (Å²) in [6.45, 7) is 0. The molecule has 2 unspecified atom stereocenters. The lowest BCUT2D eigenvalue weighted by atomic mass is 10.0. The molecule has 0 aromatic carbocycles. The number of aromatic nitrogens is 2. The van der Waals surface area contributed by atoms with Crippen molar-refractivity contribution < 1.29 is 4.74 Å². The molecule has 1 N–H and O–H groups in total. The molecule has 2 fully saturated rings. The summed E-state index contributed by atoms with van der Waals surface area (Å²) in [7, 11) is 0. The van der Waals surface area contributed by atoms with Gasteiger partial charge >= 0.3 is 0 Å². The molecule has 4 heteroatoms. The topological polar surface area (TPSA) is 47.0 Å². The van der Waals surface area contributed by atoms with Gasteiger partial charge in [0.25, 0.3) is 0 Å². The Hall–Kier alpha value is -1.16. The monoisotopic (exact) mass is 205 g/mol. The van der Waals surface area contributed by atoms with Crippen molar-refractivity contribution in [3.63, 3.8) is 0 Å². The zero-order valence-electron chi connectivity index (χ0n) is 8.60. The van der Waals surface area contributed by atoms with Gasteiger partial charge in [-0.3, -0.25) is 0 Å². The zero-order valence-corrected chi connectivity index (χ0v) is 8.60. The molecule has 80 valence electrons. The van der Waals surface area contributed by atoms with E-state index in [0.29, 0.717) is 24.1 Å². The Balaban J connectivity index is 1.65. The number of nitrogens with zero attached hydrogens (tertiary/aromatic N) is 2. The van der Waals surface area contributed by atoms with E-state index in [9.17, 15) is 0 Å². The Morgan fingerprint density at radius 3 is 2.73 bits per heavy atom. The summed E-state index contributed by atoms with van der Waals surface area (Å²) in [4.78, 5) is 7.97. The Bertz CT molecular complexity index is 318. The Morgan fingerprint density at radius 2 is 2.07 bits per heavy atom. The highest BCUT2D eigenvalue weighted by molar-refractivity contribution is 5.06. The molecule has 3 heterocycles. The Morgan fingerprint density at radius 1 is 1.27 bits per heavy atom. The first-order valence-electron chi connectivity index (χ1n) is 5.59. The van der Waals surface area contributed by atoms with Gasteiger partial charge in [0.15, 0.2) is 0 Å². The molecule has 1 aromatic heterocycles. The second-order valence-electron chi connectivity index (χ2n) is 4.40. The number of hydrogen-bond donors (Lipinski definition) is 1. The molecule has 0 amide bonds. The van der Waals surface area contributed by atoms with Crippen molar-refractivity contribution in [2.45, 2.75) is 43.9 Å². The van der Waals surface area contributed by atoms with Crippen molar-refractivity contribution in [2.24, 2.45) is 0 Å². The Kier molecular flexibility index (Phi) is 2.29. The molecule has 2 atom stereocenters. The number of fused-ring (bicyclic) bond motifs is 2. The molecule has 0 spiro atoms.